The van der Waals surface area contributed by atoms with Crippen LogP contribution >= 0.6 is 11.8 Å². The molecule has 1 N–H and O–H groups in total. The van der Waals surface area contributed by atoms with E-state index in [1.54, 1.807) is 14.0 Å². The molecule has 1 saturated heterocycles. The molecule has 0 bridgehead atoms. The van der Waals surface area contributed by atoms with Crippen LogP contribution in [0.15, 0.2) is 33.7 Å². The minimum atomic E-state index is 0.00785. The van der Waals surface area contributed by atoms with E-state index in [0.717, 1.165) is 11.3 Å². The number of benzene rings is 1. The van der Waals surface area contributed by atoms with Gasteiger partial charge in [0.1, 0.15) is 0 Å². The number of aromatic nitrogens is 2. The number of piperazine rings is 1. The molecule has 168 valence electrons. The van der Waals surface area contributed by atoms with E-state index >= 15 is 0 Å². The Morgan fingerprint density at radius 2 is 2.00 bits per heavy atom. The molecule has 1 aliphatic heterocycles. The molecule has 0 atom stereocenters. The summed E-state index contributed by atoms with van der Waals surface area (Å²) in [5.41, 5.74) is 0.674. The average molecular weight is 448 g/mol. The van der Waals surface area contributed by atoms with Gasteiger partial charge in [-0.1, -0.05) is 17.3 Å². The number of thioether (sulfide) groups is 1. The molecule has 31 heavy (non-hydrogen) atoms. The molecular weight excluding hydrogens is 418 g/mol. The fraction of sp³-hybridized carbons (Fsp3) is 0.524. The molecular formula is C21H29N5O4S. The van der Waals surface area contributed by atoms with Crippen LogP contribution in [0.4, 0.5) is 0 Å². The predicted octanol–water partition coefficient (Wildman–Crippen LogP) is 1.58. The maximum atomic E-state index is 13.1. The van der Waals surface area contributed by atoms with Gasteiger partial charge < -0.3 is 19.5 Å². The molecule has 0 spiro atoms. The Labute approximate surface area is 186 Å². The number of amides is 2. The summed E-state index contributed by atoms with van der Waals surface area (Å²) in [4.78, 5) is 34.2. The predicted molar refractivity (Wildman–Crippen MR) is 117 cm³/mol. The Balaban J connectivity index is 1.48. The SMILES string of the molecule is COCCCNC(=O)CN1CCN(C(=O)c2ccccc2SCc2nc(C)no2)CC1. The molecule has 1 aromatic carbocycles. The van der Waals surface area contributed by atoms with Crippen LogP contribution < -0.4 is 5.32 Å². The zero-order chi connectivity index (χ0) is 22.1. The molecule has 2 amide bonds. The lowest BCUT2D eigenvalue weighted by Gasteiger charge is -2.34. The summed E-state index contributed by atoms with van der Waals surface area (Å²) in [6, 6.07) is 7.58. The van der Waals surface area contributed by atoms with E-state index in [9.17, 15) is 9.59 Å². The standard InChI is InChI=1S/C21H29N5O4S/c1-16-23-20(30-24-16)15-31-18-7-4-3-6-17(18)21(28)26-11-9-25(10-12-26)14-19(27)22-8-5-13-29-2/h3-4,6-7H,5,8-15H2,1-2H3,(H,22,27). The van der Waals surface area contributed by atoms with E-state index in [1.807, 2.05) is 29.2 Å². The number of nitrogens with zero attached hydrogens (tertiary/aromatic N) is 4. The highest BCUT2D eigenvalue weighted by molar-refractivity contribution is 7.98. The number of ether oxygens (including phenoxy) is 1. The minimum Gasteiger partial charge on any atom is -0.385 e. The van der Waals surface area contributed by atoms with Gasteiger partial charge in [-0.3, -0.25) is 14.5 Å². The third-order valence-corrected chi connectivity index (χ3v) is 5.97. The molecule has 2 aromatic rings. The van der Waals surface area contributed by atoms with Crippen molar-refractivity contribution >= 4 is 23.6 Å². The summed E-state index contributed by atoms with van der Waals surface area (Å²) in [5, 5.41) is 6.70. The van der Waals surface area contributed by atoms with Crippen molar-refractivity contribution in [2.45, 2.75) is 24.0 Å². The summed E-state index contributed by atoms with van der Waals surface area (Å²) >= 11 is 1.51. The van der Waals surface area contributed by atoms with Crippen molar-refractivity contribution in [3.8, 4) is 0 Å². The molecule has 1 fully saturated rings. The second-order valence-electron chi connectivity index (χ2n) is 7.28. The first kappa shape index (κ1) is 23.2. The van der Waals surface area contributed by atoms with Crippen LogP contribution in [0.3, 0.4) is 0 Å². The van der Waals surface area contributed by atoms with Crippen molar-refractivity contribution in [3.63, 3.8) is 0 Å². The van der Waals surface area contributed by atoms with Gasteiger partial charge in [0.15, 0.2) is 5.82 Å². The molecule has 1 aromatic heterocycles. The Hall–Kier alpha value is -2.43. The van der Waals surface area contributed by atoms with Gasteiger partial charge in [-0.05, 0) is 25.5 Å². The zero-order valence-corrected chi connectivity index (χ0v) is 18.8. The van der Waals surface area contributed by atoms with E-state index in [0.29, 0.717) is 68.9 Å². The lowest BCUT2D eigenvalue weighted by Crippen LogP contribution is -2.51. The quantitative estimate of drug-likeness (QED) is 0.433. The van der Waals surface area contributed by atoms with Crippen LogP contribution in [-0.4, -0.2) is 84.7 Å². The number of methoxy groups -OCH3 is 1. The molecule has 9 nitrogen and oxygen atoms in total. The Bertz CT molecular complexity index is 867. The van der Waals surface area contributed by atoms with Gasteiger partial charge in [-0.15, -0.1) is 11.8 Å². The van der Waals surface area contributed by atoms with Crippen molar-refractivity contribution in [3.05, 3.63) is 41.5 Å². The highest BCUT2D eigenvalue weighted by atomic mass is 32.2. The fourth-order valence-corrected chi connectivity index (χ4v) is 4.17. The Morgan fingerprint density at radius 1 is 1.23 bits per heavy atom. The highest BCUT2D eigenvalue weighted by Gasteiger charge is 2.25. The van der Waals surface area contributed by atoms with E-state index in [-0.39, 0.29) is 11.8 Å². The molecule has 0 saturated carbocycles. The monoisotopic (exact) mass is 447 g/mol. The largest absolute Gasteiger partial charge is 0.385 e. The van der Waals surface area contributed by atoms with Crippen LogP contribution in [0.1, 0.15) is 28.5 Å². The summed E-state index contributed by atoms with van der Waals surface area (Å²) in [7, 11) is 1.65. The van der Waals surface area contributed by atoms with E-state index < -0.39 is 0 Å². The van der Waals surface area contributed by atoms with Crippen LogP contribution in [0.2, 0.25) is 0 Å². The molecule has 0 radical (unpaired) electrons. The van der Waals surface area contributed by atoms with Gasteiger partial charge in [0, 0.05) is 51.3 Å². The van der Waals surface area contributed by atoms with Crippen LogP contribution in [0.5, 0.6) is 0 Å². The zero-order valence-electron chi connectivity index (χ0n) is 18.0. The maximum Gasteiger partial charge on any atom is 0.255 e. The molecule has 0 aliphatic carbocycles. The maximum absolute atomic E-state index is 13.1. The van der Waals surface area contributed by atoms with Crippen LogP contribution in [0, 0.1) is 6.92 Å². The summed E-state index contributed by atoms with van der Waals surface area (Å²) in [5.74, 6) is 1.67. The van der Waals surface area contributed by atoms with Crippen molar-refractivity contribution in [2.24, 2.45) is 0 Å². The van der Waals surface area contributed by atoms with Gasteiger partial charge in [0.05, 0.1) is 17.9 Å². The van der Waals surface area contributed by atoms with Crippen molar-refractivity contribution in [2.75, 3.05) is 53.0 Å². The minimum absolute atomic E-state index is 0.00785. The smallest absolute Gasteiger partial charge is 0.255 e. The fourth-order valence-electron chi connectivity index (χ4n) is 3.29. The molecule has 1 aliphatic rings. The van der Waals surface area contributed by atoms with Crippen molar-refractivity contribution < 1.29 is 18.8 Å². The number of rotatable bonds is 10. The van der Waals surface area contributed by atoms with Gasteiger partial charge in [0.25, 0.3) is 5.91 Å². The van der Waals surface area contributed by atoms with E-state index in [4.69, 9.17) is 9.26 Å². The highest BCUT2D eigenvalue weighted by Crippen LogP contribution is 2.27. The molecule has 2 heterocycles. The van der Waals surface area contributed by atoms with Gasteiger partial charge >= 0.3 is 0 Å². The first-order valence-corrected chi connectivity index (χ1v) is 11.3. The first-order chi connectivity index (χ1) is 15.1. The molecule has 0 unspecified atom stereocenters. The number of hydrogen-bond donors (Lipinski definition) is 1. The lowest BCUT2D eigenvalue weighted by molar-refractivity contribution is -0.122. The topological polar surface area (TPSA) is 101 Å². The number of carbonyl (C=O) groups excluding carboxylic acids is 2. The van der Waals surface area contributed by atoms with Gasteiger partial charge in [-0.2, -0.15) is 4.98 Å². The molecule has 3 rings (SSSR count). The van der Waals surface area contributed by atoms with Crippen LogP contribution in [-0.2, 0) is 15.3 Å². The second kappa shape index (κ2) is 11.8. The Morgan fingerprint density at radius 3 is 2.71 bits per heavy atom. The summed E-state index contributed by atoms with van der Waals surface area (Å²) in [6.45, 7) is 5.92. The third kappa shape index (κ3) is 7.05. The average Bonchev–Trinajstić information content (AvgIpc) is 3.20. The lowest BCUT2D eigenvalue weighted by atomic mass is 10.2. The Kier molecular flexibility index (Phi) is 8.86. The molecule has 10 heteroatoms. The van der Waals surface area contributed by atoms with Crippen molar-refractivity contribution in [1.82, 2.24) is 25.3 Å². The normalized spacial score (nSPS) is 14.6. The third-order valence-electron chi connectivity index (χ3n) is 4.91. The number of carbonyl (C=O) groups is 2. The summed E-state index contributed by atoms with van der Waals surface area (Å²) in [6.07, 6.45) is 0.800. The van der Waals surface area contributed by atoms with Crippen molar-refractivity contribution in [1.29, 1.82) is 0 Å². The van der Waals surface area contributed by atoms with Gasteiger partial charge in [-0.25, -0.2) is 0 Å². The second-order valence-corrected chi connectivity index (χ2v) is 8.30. The van der Waals surface area contributed by atoms with Crippen LogP contribution in [0.25, 0.3) is 0 Å². The number of aryl methyl sites for hydroxylation is 1. The van der Waals surface area contributed by atoms with Gasteiger partial charge in [0.2, 0.25) is 11.8 Å². The number of hydrogen-bond acceptors (Lipinski definition) is 8. The van der Waals surface area contributed by atoms with E-state index in [1.165, 1.54) is 11.8 Å². The number of nitrogens with one attached hydrogen (secondary N) is 1. The van der Waals surface area contributed by atoms with E-state index in [2.05, 4.69) is 20.4 Å². The summed E-state index contributed by atoms with van der Waals surface area (Å²) < 4.78 is 10.1. The first-order valence-electron chi connectivity index (χ1n) is 10.3.